The van der Waals surface area contributed by atoms with E-state index in [1.165, 1.54) is 0 Å². The highest BCUT2D eigenvalue weighted by Gasteiger charge is 2.30. The van der Waals surface area contributed by atoms with E-state index >= 15 is 0 Å². The zero-order valence-electron chi connectivity index (χ0n) is 17.8. The van der Waals surface area contributed by atoms with Crippen LogP contribution < -0.4 is 0 Å². The summed E-state index contributed by atoms with van der Waals surface area (Å²) in [5.41, 5.74) is 4.26. The van der Waals surface area contributed by atoms with E-state index in [1.54, 1.807) is 11.3 Å². The van der Waals surface area contributed by atoms with Gasteiger partial charge >= 0.3 is 0 Å². The Kier molecular flexibility index (Phi) is 5.43. The smallest absolute Gasteiger partial charge is 0.162 e. The minimum Gasteiger partial charge on any atom is -0.381 e. The molecule has 0 unspecified atom stereocenters. The van der Waals surface area contributed by atoms with Crippen molar-refractivity contribution in [3.05, 3.63) is 62.5 Å². The van der Waals surface area contributed by atoms with Gasteiger partial charge in [0.1, 0.15) is 16.9 Å². The van der Waals surface area contributed by atoms with Crippen molar-refractivity contribution < 1.29 is 4.74 Å². The Hall–Kier alpha value is -2.46. The fourth-order valence-corrected chi connectivity index (χ4v) is 5.46. The molecule has 0 spiro atoms. The molecule has 1 aromatic carbocycles. The Bertz CT molecular complexity index is 1220. The van der Waals surface area contributed by atoms with Crippen LogP contribution in [0.3, 0.4) is 0 Å². The molecule has 4 heterocycles. The van der Waals surface area contributed by atoms with E-state index in [0.29, 0.717) is 10.9 Å². The Morgan fingerprint density at radius 2 is 1.87 bits per heavy atom. The van der Waals surface area contributed by atoms with Gasteiger partial charge in [-0.15, -0.1) is 21.5 Å². The second-order valence-corrected chi connectivity index (χ2v) is 9.43. The van der Waals surface area contributed by atoms with E-state index in [4.69, 9.17) is 21.3 Å². The number of halogens is 1. The van der Waals surface area contributed by atoms with E-state index < -0.39 is 0 Å². The molecule has 5 rings (SSSR count). The summed E-state index contributed by atoms with van der Waals surface area (Å²) in [6.07, 6.45) is 2.00. The van der Waals surface area contributed by atoms with Crippen molar-refractivity contribution in [1.82, 2.24) is 14.8 Å². The maximum absolute atomic E-state index is 6.15. The Morgan fingerprint density at radius 1 is 1.13 bits per heavy atom. The molecule has 1 atom stereocenters. The van der Waals surface area contributed by atoms with Gasteiger partial charge in [-0.05, 0) is 51.3 Å². The first-order valence-electron chi connectivity index (χ1n) is 10.5. The van der Waals surface area contributed by atoms with Crippen LogP contribution in [0, 0.1) is 31.6 Å². The number of benzene rings is 1. The molecule has 31 heavy (non-hydrogen) atoms. The monoisotopic (exact) mass is 450 g/mol. The second kappa shape index (κ2) is 8.23. The van der Waals surface area contributed by atoms with Gasteiger partial charge in [0, 0.05) is 35.3 Å². The molecule has 0 saturated carbocycles. The third-order valence-corrected chi connectivity index (χ3v) is 7.29. The van der Waals surface area contributed by atoms with Crippen LogP contribution in [0.2, 0.25) is 5.02 Å². The van der Waals surface area contributed by atoms with Crippen molar-refractivity contribution >= 4 is 28.6 Å². The minimum absolute atomic E-state index is 0.109. The fraction of sp³-hybridized carbons (Fsp3) is 0.375. The van der Waals surface area contributed by atoms with Crippen LogP contribution in [0.25, 0.3) is 5.00 Å². The maximum atomic E-state index is 6.15. The number of ether oxygens (including phenoxy) is 1. The Morgan fingerprint density at radius 3 is 2.61 bits per heavy atom. The first-order chi connectivity index (χ1) is 15.0. The molecule has 5 nitrogen and oxygen atoms in total. The largest absolute Gasteiger partial charge is 0.381 e. The van der Waals surface area contributed by atoms with Crippen LogP contribution in [0.5, 0.6) is 0 Å². The molecule has 0 amide bonds. The molecule has 1 fully saturated rings. The van der Waals surface area contributed by atoms with Crippen LogP contribution in [0.4, 0.5) is 0 Å². The molecule has 0 N–H and O–H groups in total. The molecular formula is C24H23ClN4OS. The average Bonchev–Trinajstić information content (AvgIpc) is 3.27. The molecule has 158 valence electrons. The lowest BCUT2D eigenvalue weighted by Gasteiger charge is -2.16. The number of fused-ring (bicyclic) bond motifs is 3. The van der Waals surface area contributed by atoms with E-state index in [0.717, 1.165) is 70.0 Å². The zero-order valence-corrected chi connectivity index (χ0v) is 19.3. The lowest BCUT2D eigenvalue weighted by Crippen LogP contribution is -2.13. The summed E-state index contributed by atoms with van der Waals surface area (Å²) in [5.74, 6) is 9.08. The third kappa shape index (κ3) is 3.71. The van der Waals surface area contributed by atoms with Crippen LogP contribution in [0.1, 0.15) is 59.0 Å². The van der Waals surface area contributed by atoms with Gasteiger partial charge in [0.15, 0.2) is 5.82 Å². The summed E-state index contributed by atoms with van der Waals surface area (Å²) in [5, 5.41) is 10.6. The van der Waals surface area contributed by atoms with Crippen molar-refractivity contribution in [1.29, 1.82) is 0 Å². The molecule has 2 aromatic heterocycles. The summed E-state index contributed by atoms with van der Waals surface area (Å²) in [6, 6.07) is 7.77. The van der Waals surface area contributed by atoms with Gasteiger partial charge in [-0.1, -0.05) is 35.6 Å². The summed E-state index contributed by atoms with van der Waals surface area (Å²) in [4.78, 5) is 6.16. The summed E-state index contributed by atoms with van der Waals surface area (Å²) in [7, 11) is 0. The van der Waals surface area contributed by atoms with Crippen LogP contribution in [0.15, 0.2) is 29.3 Å². The number of hydrogen-bond acceptors (Lipinski definition) is 5. The highest BCUT2D eigenvalue weighted by Crippen LogP contribution is 2.38. The fourth-order valence-electron chi connectivity index (χ4n) is 4.11. The van der Waals surface area contributed by atoms with E-state index in [-0.39, 0.29) is 6.04 Å². The lowest BCUT2D eigenvalue weighted by molar-refractivity contribution is 0.0807. The number of aryl methyl sites for hydroxylation is 1. The minimum atomic E-state index is -0.109. The highest BCUT2D eigenvalue weighted by molar-refractivity contribution is 7.15. The molecule has 1 saturated heterocycles. The van der Waals surface area contributed by atoms with Gasteiger partial charge in [-0.2, -0.15) is 0 Å². The van der Waals surface area contributed by atoms with Crippen LogP contribution in [-0.4, -0.2) is 33.7 Å². The number of hydrogen-bond donors (Lipinski definition) is 0. The predicted molar refractivity (Wildman–Crippen MR) is 125 cm³/mol. The zero-order chi connectivity index (χ0) is 21.5. The number of aliphatic imine (C=N–C) groups is 1. The third-order valence-electron chi connectivity index (χ3n) is 5.84. The molecule has 3 aromatic rings. The van der Waals surface area contributed by atoms with Gasteiger partial charge < -0.3 is 4.74 Å². The van der Waals surface area contributed by atoms with Crippen LogP contribution in [-0.2, 0) is 4.74 Å². The standard InChI is InChI=1S/C24H23ClN4OS/c1-14-20(9-4-17-10-12-30-13-11-17)31-24-21(14)22(18-5-7-19(25)8-6-18)26-15(2)23-28-27-16(3)29(23)24/h5-8,15,17H,10-13H2,1-3H3/t15-/m0/s1. The molecule has 7 heteroatoms. The van der Waals surface area contributed by atoms with Gasteiger partial charge in [0.2, 0.25) is 0 Å². The number of rotatable bonds is 1. The second-order valence-electron chi connectivity index (χ2n) is 7.99. The predicted octanol–water partition coefficient (Wildman–Crippen LogP) is 5.29. The van der Waals surface area contributed by atoms with Crippen molar-refractivity contribution in [2.24, 2.45) is 10.9 Å². The molecule has 0 radical (unpaired) electrons. The quantitative estimate of drug-likeness (QED) is 0.473. The number of aromatic nitrogens is 3. The highest BCUT2D eigenvalue weighted by atomic mass is 35.5. The molecule has 0 aliphatic carbocycles. The van der Waals surface area contributed by atoms with Crippen LogP contribution >= 0.6 is 22.9 Å². The first kappa shape index (κ1) is 20.4. The normalized spacial score (nSPS) is 18.5. The summed E-state index contributed by atoms with van der Waals surface area (Å²) in [6.45, 7) is 7.79. The molecule has 0 bridgehead atoms. The maximum Gasteiger partial charge on any atom is 0.162 e. The number of nitrogens with zero attached hydrogens (tertiary/aromatic N) is 4. The first-order valence-corrected chi connectivity index (χ1v) is 11.7. The van der Waals surface area contributed by atoms with Crippen molar-refractivity contribution in [3.63, 3.8) is 0 Å². The summed E-state index contributed by atoms with van der Waals surface area (Å²) < 4.78 is 7.62. The van der Waals surface area contributed by atoms with Crippen molar-refractivity contribution in [2.45, 2.75) is 39.7 Å². The van der Waals surface area contributed by atoms with Crippen molar-refractivity contribution in [3.8, 4) is 16.8 Å². The Balaban J connectivity index is 1.68. The Labute approximate surface area is 191 Å². The van der Waals surface area contributed by atoms with Gasteiger partial charge in [0.05, 0.1) is 10.6 Å². The number of thiophene rings is 1. The molecule has 2 aliphatic heterocycles. The van der Waals surface area contributed by atoms with E-state index in [2.05, 4.69) is 40.5 Å². The average molecular weight is 451 g/mol. The molecule has 2 aliphatic rings. The molecular weight excluding hydrogens is 428 g/mol. The van der Waals surface area contributed by atoms with E-state index in [9.17, 15) is 0 Å². The summed E-state index contributed by atoms with van der Waals surface area (Å²) >= 11 is 7.85. The van der Waals surface area contributed by atoms with Crippen molar-refractivity contribution in [2.75, 3.05) is 13.2 Å². The lowest BCUT2D eigenvalue weighted by atomic mass is 9.98. The SMILES string of the molecule is Cc1c(C#CC2CCOCC2)sc2c1C(c1ccc(Cl)cc1)=N[C@@H](C)c1nnc(C)n1-2. The van der Waals surface area contributed by atoms with Gasteiger partial charge in [0.25, 0.3) is 0 Å². The van der Waals surface area contributed by atoms with E-state index in [1.807, 2.05) is 31.2 Å². The van der Waals surface area contributed by atoms with Gasteiger partial charge in [-0.25, -0.2) is 0 Å². The van der Waals surface area contributed by atoms with Gasteiger partial charge in [-0.3, -0.25) is 9.56 Å². The topological polar surface area (TPSA) is 52.3 Å².